The van der Waals surface area contributed by atoms with Crippen molar-refractivity contribution in [1.82, 2.24) is 4.90 Å². The summed E-state index contributed by atoms with van der Waals surface area (Å²) in [6, 6.07) is -1.38. The van der Waals surface area contributed by atoms with Crippen molar-refractivity contribution in [3.8, 4) is 0 Å². The summed E-state index contributed by atoms with van der Waals surface area (Å²) in [5.74, 6) is -0.543. The number of rotatable bonds is 4. The maximum atomic E-state index is 12.3. The van der Waals surface area contributed by atoms with Gasteiger partial charge in [-0.3, -0.25) is 4.79 Å². The number of carbonyl (C=O) groups is 2. The summed E-state index contributed by atoms with van der Waals surface area (Å²) in [6.07, 6.45) is 0. The molecule has 0 bridgehead atoms. The lowest BCUT2D eigenvalue weighted by Crippen LogP contribution is -2.54. The molecule has 5 nitrogen and oxygen atoms in total. The molecule has 3 N–H and O–H groups in total. The first-order chi connectivity index (χ1) is 8.27. The van der Waals surface area contributed by atoms with Gasteiger partial charge in [0.05, 0.1) is 11.4 Å². The first kappa shape index (κ1) is 15.3. The van der Waals surface area contributed by atoms with Crippen molar-refractivity contribution in [3.63, 3.8) is 0 Å². The topological polar surface area (TPSA) is 83.6 Å². The van der Waals surface area contributed by atoms with Crippen LogP contribution in [0, 0.1) is 11.8 Å². The predicted octanol–water partition coefficient (Wildman–Crippen LogP) is 0.980. The molecule has 0 aromatic rings. The minimum absolute atomic E-state index is 0.00496. The van der Waals surface area contributed by atoms with Crippen molar-refractivity contribution >= 4 is 23.6 Å². The highest BCUT2D eigenvalue weighted by molar-refractivity contribution is 8.00. The quantitative estimate of drug-likeness (QED) is 0.798. The van der Waals surface area contributed by atoms with E-state index in [0.717, 1.165) is 0 Å². The van der Waals surface area contributed by atoms with Gasteiger partial charge in [-0.25, -0.2) is 4.79 Å². The van der Waals surface area contributed by atoms with Crippen LogP contribution in [0.1, 0.15) is 27.7 Å². The van der Waals surface area contributed by atoms with Crippen LogP contribution in [0.15, 0.2) is 0 Å². The third-order valence-electron chi connectivity index (χ3n) is 3.15. The molecule has 1 fully saturated rings. The molecule has 1 aliphatic rings. The summed E-state index contributed by atoms with van der Waals surface area (Å²) >= 11 is 1.52. The summed E-state index contributed by atoms with van der Waals surface area (Å²) in [6.45, 7) is 7.71. The Morgan fingerprint density at radius 2 is 1.89 bits per heavy atom. The van der Waals surface area contributed by atoms with Crippen molar-refractivity contribution in [2.24, 2.45) is 17.6 Å². The first-order valence-electron chi connectivity index (χ1n) is 6.19. The zero-order valence-corrected chi connectivity index (χ0v) is 12.1. The predicted molar refractivity (Wildman–Crippen MR) is 72.2 cm³/mol. The number of hydrogen-bond acceptors (Lipinski definition) is 4. The van der Waals surface area contributed by atoms with Gasteiger partial charge in [0.2, 0.25) is 5.91 Å². The smallest absolute Gasteiger partial charge is 0.327 e. The molecule has 104 valence electrons. The van der Waals surface area contributed by atoms with Crippen molar-refractivity contribution in [2.45, 2.75) is 45.2 Å². The molecular formula is C12H22N2O3S. The van der Waals surface area contributed by atoms with Gasteiger partial charge in [-0.1, -0.05) is 27.7 Å². The molecule has 0 aromatic heterocycles. The highest BCUT2D eigenvalue weighted by Crippen LogP contribution is 2.34. The number of carboxylic acids is 1. The maximum Gasteiger partial charge on any atom is 0.327 e. The molecule has 1 saturated heterocycles. The van der Waals surface area contributed by atoms with E-state index >= 15 is 0 Å². The van der Waals surface area contributed by atoms with Crippen LogP contribution in [0.4, 0.5) is 0 Å². The molecule has 2 unspecified atom stereocenters. The Morgan fingerprint density at radius 3 is 2.28 bits per heavy atom. The molecule has 1 aliphatic heterocycles. The molecule has 0 spiro atoms. The van der Waals surface area contributed by atoms with Gasteiger partial charge in [0.15, 0.2) is 0 Å². The number of amides is 1. The number of thioether (sulfide) groups is 1. The minimum atomic E-state index is -0.949. The Labute approximate surface area is 112 Å². The second-order valence-electron chi connectivity index (χ2n) is 5.34. The maximum absolute atomic E-state index is 12.3. The molecule has 1 amide bonds. The lowest BCUT2D eigenvalue weighted by atomic mass is 10.0. The summed E-state index contributed by atoms with van der Waals surface area (Å²) in [5, 5.41) is 9.11. The van der Waals surface area contributed by atoms with Gasteiger partial charge in [-0.05, 0) is 11.8 Å². The summed E-state index contributed by atoms with van der Waals surface area (Å²) in [7, 11) is 0. The second-order valence-corrected chi connectivity index (χ2v) is 6.49. The molecule has 1 heterocycles. The SMILES string of the molecule is CC(C)C1SCC(C(=O)O)N1C(=O)[C@@H](N)C(C)C. The van der Waals surface area contributed by atoms with Crippen LogP contribution in [0.5, 0.6) is 0 Å². The Hall–Kier alpha value is -0.750. The Morgan fingerprint density at radius 1 is 1.33 bits per heavy atom. The third-order valence-corrected chi connectivity index (χ3v) is 4.77. The largest absolute Gasteiger partial charge is 0.480 e. The van der Waals surface area contributed by atoms with Gasteiger partial charge in [-0.15, -0.1) is 11.8 Å². The van der Waals surface area contributed by atoms with Gasteiger partial charge >= 0.3 is 5.97 Å². The van der Waals surface area contributed by atoms with Gasteiger partial charge in [0, 0.05) is 5.75 Å². The van der Waals surface area contributed by atoms with E-state index in [9.17, 15) is 14.7 Å². The normalized spacial score (nSPS) is 25.8. The first-order valence-corrected chi connectivity index (χ1v) is 7.24. The monoisotopic (exact) mass is 274 g/mol. The van der Waals surface area contributed by atoms with Crippen LogP contribution in [-0.2, 0) is 9.59 Å². The fourth-order valence-corrected chi connectivity index (χ4v) is 3.45. The third kappa shape index (κ3) is 2.98. The highest BCUT2D eigenvalue weighted by Gasteiger charge is 2.44. The number of carboxylic acid groups (broad SMARTS) is 1. The van der Waals surface area contributed by atoms with E-state index in [0.29, 0.717) is 5.75 Å². The van der Waals surface area contributed by atoms with E-state index in [4.69, 9.17) is 5.73 Å². The number of nitrogens with two attached hydrogens (primary N) is 1. The Balaban J connectivity index is 2.96. The number of carbonyl (C=O) groups excluding carboxylic acids is 1. The summed E-state index contributed by atoms with van der Waals surface area (Å²) in [5.41, 5.74) is 5.87. The lowest BCUT2D eigenvalue weighted by molar-refractivity contribution is -0.150. The van der Waals surface area contributed by atoms with E-state index in [1.165, 1.54) is 16.7 Å². The standard InChI is InChI=1S/C12H22N2O3S/c1-6(2)9(13)10(15)14-8(12(16)17)5-18-11(14)7(3)4/h6-9,11H,5,13H2,1-4H3,(H,16,17)/t8?,9-,11?/m0/s1. The van der Waals surface area contributed by atoms with Crippen LogP contribution in [0.25, 0.3) is 0 Å². The van der Waals surface area contributed by atoms with Crippen molar-refractivity contribution < 1.29 is 14.7 Å². The van der Waals surface area contributed by atoms with E-state index in [1.54, 1.807) is 0 Å². The van der Waals surface area contributed by atoms with Gasteiger partial charge in [0.25, 0.3) is 0 Å². The fraction of sp³-hybridized carbons (Fsp3) is 0.833. The molecular weight excluding hydrogens is 252 g/mol. The molecule has 0 aliphatic carbocycles. The van der Waals surface area contributed by atoms with E-state index in [-0.39, 0.29) is 23.1 Å². The average molecular weight is 274 g/mol. The molecule has 0 saturated carbocycles. The van der Waals surface area contributed by atoms with Crippen LogP contribution in [0.3, 0.4) is 0 Å². The van der Waals surface area contributed by atoms with Crippen molar-refractivity contribution in [1.29, 1.82) is 0 Å². The summed E-state index contributed by atoms with van der Waals surface area (Å²) < 4.78 is 0. The van der Waals surface area contributed by atoms with Crippen LogP contribution in [0.2, 0.25) is 0 Å². The minimum Gasteiger partial charge on any atom is -0.480 e. The zero-order chi connectivity index (χ0) is 14.0. The summed E-state index contributed by atoms with van der Waals surface area (Å²) in [4.78, 5) is 25.0. The van der Waals surface area contributed by atoms with Crippen molar-refractivity contribution in [2.75, 3.05) is 5.75 Å². The van der Waals surface area contributed by atoms with Gasteiger partial charge in [0.1, 0.15) is 6.04 Å². The fourth-order valence-electron chi connectivity index (χ4n) is 1.97. The number of hydrogen-bond donors (Lipinski definition) is 2. The molecule has 6 heteroatoms. The average Bonchev–Trinajstić information content (AvgIpc) is 2.71. The molecule has 1 rings (SSSR count). The molecule has 18 heavy (non-hydrogen) atoms. The van der Waals surface area contributed by atoms with Gasteiger partial charge in [-0.2, -0.15) is 0 Å². The molecule has 0 radical (unpaired) electrons. The van der Waals surface area contributed by atoms with Crippen LogP contribution in [-0.4, -0.2) is 45.1 Å². The van der Waals surface area contributed by atoms with E-state index in [1.807, 2.05) is 27.7 Å². The molecule has 0 aromatic carbocycles. The Kier molecular flexibility index (Phi) is 5.04. The Bertz CT molecular complexity index is 333. The van der Waals surface area contributed by atoms with E-state index < -0.39 is 18.1 Å². The lowest BCUT2D eigenvalue weighted by Gasteiger charge is -2.32. The molecule has 3 atom stereocenters. The zero-order valence-electron chi connectivity index (χ0n) is 11.3. The van der Waals surface area contributed by atoms with Gasteiger partial charge < -0.3 is 15.7 Å². The second kappa shape index (κ2) is 5.93. The van der Waals surface area contributed by atoms with Crippen LogP contribution >= 0.6 is 11.8 Å². The van der Waals surface area contributed by atoms with Crippen LogP contribution < -0.4 is 5.73 Å². The number of nitrogens with zero attached hydrogens (tertiary/aromatic N) is 1. The van der Waals surface area contributed by atoms with E-state index in [2.05, 4.69) is 0 Å². The highest BCUT2D eigenvalue weighted by atomic mass is 32.2. The van der Waals surface area contributed by atoms with Crippen molar-refractivity contribution in [3.05, 3.63) is 0 Å². The number of aliphatic carboxylic acids is 1.